The smallest absolute Gasteiger partial charge is 0.341 e. The van der Waals surface area contributed by atoms with E-state index in [1.807, 2.05) is 5.09 Å². The zero-order valence-corrected chi connectivity index (χ0v) is 7.47. The predicted octanol–water partition coefficient (Wildman–Crippen LogP) is 0.316. The van der Waals surface area contributed by atoms with E-state index >= 15 is 0 Å². The van der Waals surface area contributed by atoms with Crippen LogP contribution >= 0.6 is 7.75 Å². The second-order valence-corrected chi connectivity index (χ2v) is 3.50. The molecule has 0 saturated carbocycles. The van der Waals surface area contributed by atoms with Crippen LogP contribution in [0.25, 0.3) is 0 Å². The molecule has 0 bridgehead atoms. The van der Waals surface area contributed by atoms with Crippen LogP contribution in [-0.2, 0) is 13.6 Å². The van der Waals surface area contributed by atoms with Gasteiger partial charge >= 0.3 is 13.8 Å². The number of carbonyl (C=O) groups is 1. The average Bonchev–Trinajstić information content (AvgIpc) is 2.04. The fraction of sp³-hybridized carbons (Fsp3) is 0.750. The molecule has 0 aliphatic rings. The summed E-state index contributed by atoms with van der Waals surface area (Å²) in [4.78, 5) is 10.6. The van der Waals surface area contributed by atoms with Crippen molar-refractivity contribution < 1.29 is 18.4 Å². The van der Waals surface area contributed by atoms with Crippen molar-refractivity contribution in [2.45, 2.75) is 0 Å². The molecule has 7 heteroatoms. The minimum Gasteiger partial charge on any atom is -0.341 e. The van der Waals surface area contributed by atoms with Crippen molar-refractivity contribution in [2.24, 2.45) is 0 Å². The molecule has 0 unspecified atom stereocenters. The summed E-state index contributed by atoms with van der Waals surface area (Å²) in [5.74, 6) is 0. The summed E-state index contributed by atoms with van der Waals surface area (Å²) in [6, 6.07) is -0.614. The quantitative estimate of drug-likeness (QED) is 0.616. The molecular formula is C4H11N2O4P. The van der Waals surface area contributed by atoms with Gasteiger partial charge in [-0.05, 0) is 0 Å². The Hall–Kier alpha value is -0.580. The van der Waals surface area contributed by atoms with Crippen LogP contribution in [0.15, 0.2) is 0 Å². The van der Waals surface area contributed by atoms with E-state index in [0.717, 1.165) is 0 Å². The lowest BCUT2D eigenvalue weighted by Gasteiger charge is -2.13. The SMILES string of the molecule is CNC(=O)NP(=O)(OC)OC. The topological polar surface area (TPSA) is 76.7 Å². The van der Waals surface area contributed by atoms with Crippen LogP contribution in [0.1, 0.15) is 0 Å². The van der Waals surface area contributed by atoms with Gasteiger partial charge in [0, 0.05) is 21.3 Å². The van der Waals surface area contributed by atoms with E-state index in [1.54, 1.807) is 0 Å². The largest absolute Gasteiger partial charge is 0.435 e. The molecular weight excluding hydrogens is 171 g/mol. The van der Waals surface area contributed by atoms with Crippen LogP contribution in [0.5, 0.6) is 0 Å². The Bertz CT molecular complexity index is 175. The molecule has 0 aromatic heterocycles. The number of nitrogens with one attached hydrogen (secondary N) is 2. The molecule has 0 fully saturated rings. The summed E-state index contributed by atoms with van der Waals surface area (Å²) in [6.07, 6.45) is 0. The van der Waals surface area contributed by atoms with Crippen LogP contribution < -0.4 is 10.4 Å². The molecule has 2 N–H and O–H groups in total. The molecule has 0 heterocycles. The van der Waals surface area contributed by atoms with Crippen molar-refractivity contribution in [1.82, 2.24) is 10.4 Å². The number of urea groups is 1. The lowest BCUT2D eigenvalue weighted by molar-refractivity contribution is 0.235. The lowest BCUT2D eigenvalue weighted by atomic mass is 11.0. The first-order chi connectivity index (χ1) is 5.08. The molecule has 0 aromatic rings. The van der Waals surface area contributed by atoms with Gasteiger partial charge in [-0.15, -0.1) is 0 Å². The van der Waals surface area contributed by atoms with Gasteiger partial charge in [0.1, 0.15) is 0 Å². The van der Waals surface area contributed by atoms with Crippen molar-refractivity contribution in [3.05, 3.63) is 0 Å². The van der Waals surface area contributed by atoms with Crippen molar-refractivity contribution in [1.29, 1.82) is 0 Å². The molecule has 66 valence electrons. The Morgan fingerprint density at radius 2 is 1.82 bits per heavy atom. The minimum absolute atomic E-state index is 0.614. The molecule has 0 radical (unpaired) electrons. The molecule has 0 aliphatic heterocycles. The lowest BCUT2D eigenvalue weighted by Crippen LogP contribution is -2.31. The van der Waals surface area contributed by atoms with Crippen LogP contribution in [-0.4, -0.2) is 27.3 Å². The van der Waals surface area contributed by atoms with Gasteiger partial charge in [-0.25, -0.2) is 14.4 Å². The van der Waals surface area contributed by atoms with E-state index < -0.39 is 13.8 Å². The molecule has 0 rings (SSSR count). The van der Waals surface area contributed by atoms with Crippen LogP contribution in [0.2, 0.25) is 0 Å². The number of hydrogen-bond donors (Lipinski definition) is 2. The second-order valence-electron chi connectivity index (χ2n) is 1.55. The van der Waals surface area contributed by atoms with E-state index in [9.17, 15) is 9.36 Å². The maximum atomic E-state index is 11.1. The monoisotopic (exact) mass is 182 g/mol. The standard InChI is InChI=1S/C4H11N2O4P/c1-5-4(7)6-11(8,9-2)10-3/h1-3H3,(H2,5,6,7,8). The highest BCUT2D eigenvalue weighted by atomic mass is 31.2. The third kappa shape index (κ3) is 3.36. The highest BCUT2D eigenvalue weighted by Crippen LogP contribution is 2.40. The summed E-state index contributed by atoms with van der Waals surface area (Å²) in [5, 5.41) is 4.21. The van der Waals surface area contributed by atoms with Gasteiger partial charge in [0.25, 0.3) is 0 Å². The third-order valence-electron chi connectivity index (χ3n) is 0.946. The summed E-state index contributed by atoms with van der Waals surface area (Å²) < 4.78 is 19.9. The second kappa shape index (κ2) is 4.33. The van der Waals surface area contributed by atoms with Gasteiger partial charge in [0.05, 0.1) is 0 Å². The predicted molar refractivity (Wildman–Crippen MR) is 39.2 cm³/mol. The molecule has 0 aromatic carbocycles. The van der Waals surface area contributed by atoms with Crippen LogP contribution in [0.3, 0.4) is 0 Å². The molecule has 0 atom stereocenters. The third-order valence-corrected chi connectivity index (χ3v) is 2.38. The number of carbonyl (C=O) groups excluding carboxylic acids is 1. The Balaban J connectivity index is 4.09. The van der Waals surface area contributed by atoms with E-state index in [4.69, 9.17) is 0 Å². The minimum atomic E-state index is -3.42. The average molecular weight is 182 g/mol. The van der Waals surface area contributed by atoms with Crippen molar-refractivity contribution in [3.8, 4) is 0 Å². The first-order valence-electron chi connectivity index (χ1n) is 2.79. The number of amides is 2. The van der Waals surface area contributed by atoms with Gasteiger partial charge in [-0.2, -0.15) is 0 Å². The number of rotatable bonds is 3. The van der Waals surface area contributed by atoms with Crippen molar-refractivity contribution in [2.75, 3.05) is 21.3 Å². The van der Waals surface area contributed by atoms with Gasteiger partial charge in [-0.1, -0.05) is 0 Å². The van der Waals surface area contributed by atoms with Gasteiger partial charge in [-0.3, -0.25) is 9.05 Å². The number of hydrogen-bond acceptors (Lipinski definition) is 4. The maximum absolute atomic E-state index is 11.1. The molecule has 0 aliphatic carbocycles. The highest BCUT2D eigenvalue weighted by molar-refractivity contribution is 7.52. The van der Waals surface area contributed by atoms with Gasteiger partial charge in [0.2, 0.25) is 0 Å². The van der Waals surface area contributed by atoms with Crippen molar-refractivity contribution >= 4 is 13.8 Å². The first kappa shape index (κ1) is 10.4. The fourth-order valence-corrected chi connectivity index (χ4v) is 1.04. The molecule has 2 amide bonds. The summed E-state index contributed by atoms with van der Waals surface area (Å²) in [7, 11) is 0.340. The van der Waals surface area contributed by atoms with E-state index in [2.05, 4.69) is 14.4 Å². The van der Waals surface area contributed by atoms with Gasteiger partial charge < -0.3 is 5.32 Å². The highest BCUT2D eigenvalue weighted by Gasteiger charge is 2.22. The summed E-state index contributed by atoms with van der Waals surface area (Å²) in [5.41, 5.74) is 0. The zero-order chi connectivity index (χ0) is 8.91. The van der Waals surface area contributed by atoms with Gasteiger partial charge in [0.15, 0.2) is 0 Å². The Kier molecular flexibility index (Phi) is 4.10. The van der Waals surface area contributed by atoms with Crippen LogP contribution in [0.4, 0.5) is 4.79 Å². The Morgan fingerprint density at radius 3 is 2.09 bits per heavy atom. The van der Waals surface area contributed by atoms with E-state index in [1.165, 1.54) is 21.3 Å². The molecule has 11 heavy (non-hydrogen) atoms. The first-order valence-corrected chi connectivity index (χ1v) is 4.33. The maximum Gasteiger partial charge on any atom is 0.435 e. The van der Waals surface area contributed by atoms with E-state index in [0.29, 0.717) is 0 Å². The Morgan fingerprint density at radius 1 is 1.36 bits per heavy atom. The van der Waals surface area contributed by atoms with Crippen LogP contribution in [0, 0.1) is 0 Å². The normalized spacial score (nSPS) is 10.8. The summed E-state index contributed by atoms with van der Waals surface area (Å²) in [6.45, 7) is 0. The fourth-order valence-electron chi connectivity index (χ4n) is 0.346. The zero-order valence-electron chi connectivity index (χ0n) is 6.58. The molecule has 6 nitrogen and oxygen atoms in total. The molecule has 0 spiro atoms. The van der Waals surface area contributed by atoms with Crippen molar-refractivity contribution in [3.63, 3.8) is 0 Å². The Labute approximate surface area is 64.8 Å². The van der Waals surface area contributed by atoms with E-state index in [-0.39, 0.29) is 0 Å². The summed E-state index contributed by atoms with van der Waals surface area (Å²) >= 11 is 0. The molecule has 0 saturated heterocycles.